The number of amides is 1. The molecule has 0 saturated carbocycles. The Morgan fingerprint density at radius 1 is 1.07 bits per heavy atom. The lowest BCUT2D eigenvalue weighted by atomic mass is 10.1. The average Bonchev–Trinajstić information content (AvgIpc) is 2.65. The van der Waals surface area contributed by atoms with Gasteiger partial charge in [0.25, 0.3) is 11.5 Å². The van der Waals surface area contributed by atoms with E-state index in [0.717, 1.165) is 22.3 Å². The number of hydrazone groups is 1. The maximum atomic E-state index is 12.6. The van der Waals surface area contributed by atoms with Gasteiger partial charge in [-0.3, -0.25) is 9.59 Å². The Kier molecular flexibility index (Phi) is 5.61. The monoisotopic (exact) mass is 359 g/mol. The van der Waals surface area contributed by atoms with E-state index in [9.17, 15) is 9.59 Å². The van der Waals surface area contributed by atoms with Crippen molar-refractivity contribution in [1.29, 1.82) is 0 Å². The molecule has 3 rings (SSSR count). The molecule has 3 aromatic rings. The lowest BCUT2D eigenvalue weighted by Gasteiger charge is -2.08. The minimum atomic E-state index is -0.525. The first kappa shape index (κ1) is 18.3. The summed E-state index contributed by atoms with van der Waals surface area (Å²) in [7, 11) is 0. The van der Waals surface area contributed by atoms with Gasteiger partial charge in [0.05, 0.1) is 12.8 Å². The maximum absolute atomic E-state index is 12.6. The molecule has 27 heavy (non-hydrogen) atoms. The predicted molar refractivity (Wildman–Crippen MR) is 107 cm³/mol. The summed E-state index contributed by atoms with van der Waals surface area (Å²) in [6, 6.07) is 18.8. The quantitative estimate of drug-likeness (QED) is 0.561. The molecular formula is C22H21N3O2. The summed E-state index contributed by atoms with van der Waals surface area (Å²) >= 11 is 0. The van der Waals surface area contributed by atoms with Crippen molar-refractivity contribution in [3.05, 3.63) is 105 Å². The van der Waals surface area contributed by atoms with Crippen LogP contribution in [0.25, 0.3) is 0 Å². The van der Waals surface area contributed by atoms with E-state index in [4.69, 9.17) is 0 Å². The molecule has 2 aromatic carbocycles. The van der Waals surface area contributed by atoms with Gasteiger partial charge in [-0.15, -0.1) is 0 Å². The summed E-state index contributed by atoms with van der Waals surface area (Å²) < 4.78 is 1.52. The third kappa shape index (κ3) is 4.58. The van der Waals surface area contributed by atoms with Gasteiger partial charge >= 0.3 is 0 Å². The summed E-state index contributed by atoms with van der Waals surface area (Å²) in [4.78, 5) is 25.0. The van der Waals surface area contributed by atoms with E-state index in [-0.39, 0.29) is 11.1 Å². The van der Waals surface area contributed by atoms with Crippen LogP contribution in [0, 0.1) is 13.8 Å². The van der Waals surface area contributed by atoms with Crippen molar-refractivity contribution in [1.82, 2.24) is 9.99 Å². The molecule has 0 atom stereocenters. The lowest BCUT2D eigenvalue weighted by molar-refractivity contribution is 0.0953. The molecule has 1 heterocycles. The van der Waals surface area contributed by atoms with Crippen molar-refractivity contribution in [3.8, 4) is 0 Å². The molecule has 1 aromatic heterocycles. The van der Waals surface area contributed by atoms with Gasteiger partial charge in [0.15, 0.2) is 0 Å². The molecule has 0 bridgehead atoms. The van der Waals surface area contributed by atoms with Crippen LogP contribution in [0.15, 0.2) is 76.8 Å². The number of carbonyl (C=O) groups excluding carboxylic acids is 1. The van der Waals surface area contributed by atoms with Crippen LogP contribution in [0.4, 0.5) is 0 Å². The molecule has 1 N–H and O–H groups in total. The van der Waals surface area contributed by atoms with Crippen LogP contribution < -0.4 is 11.0 Å². The van der Waals surface area contributed by atoms with Crippen molar-refractivity contribution in [2.75, 3.05) is 0 Å². The Labute approximate surface area is 158 Å². The fraction of sp³-hybridized carbons (Fsp3) is 0.136. The smallest absolute Gasteiger partial charge is 0.276 e. The van der Waals surface area contributed by atoms with Crippen LogP contribution in [0.5, 0.6) is 0 Å². The molecule has 0 spiro atoms. The summed E-state index contributed by atoms with van der Waals surface area (Å²) in [5.41, 5.74) is 6.24. The number of aromatic nitrogens is 1. The highest BCUT2D eigenvalue weighted by atomic mass is 16.2. The van der Waals surface area contributed by atoms with Crippen LogP contribution >= 0.6 is 0 Å². The third-order valence-corrected chi connectivity index (χ3v) is 4.26. The Hall–Kier alpha value is -3.47. The number of aryl methyl sites for hydroxylation is 2. The molecule has 5 nitrogen and oxygen atoms in total. The number of hydrogen-bond acceptors (Lipinski definition) is 3. The van der Waals surface area contributed by atoms with Gasteiger partial charge in [0.2, 0.25) is 0 Å². The normalized spacial score (nSPS) is 10.9. The molecule has 0 aliphatic heterocycles. The first-order valence-electron chi connectivity index (χ1n) is 8.68. The van der Waals surface area contributed by atoms with Gasteiger partial charge in [0.1, 0.15) is 5.56 Å². The molecule has 0 radical (unpaired) electrons. The molecule has 0 aliphatic carbocycles. The van der Waals surface area contributed by atoms with Gasteiger partial charge in [-0.1, -0.05) is 54.1 Å². The summed E-state index contributed by atoms with van der Waals surface area (Å²) in [6.45, 7) is 4.38. The molecule has 0 aliphatic rings. The molecule has 1 amide bonds. The van der Waals surface area contributed by atoms with Crippen molar-refractivity contribution < 1.29 is 4.79 Å². The van der Waals surface area contributed by atoms with E-state index in [2.05, 4.69) is 10.5 Å². The first-order valence-corrected chi connectivity index (χ1v) is 8.68. The van der Waals surface area contributed by atoms with E-state index < -0.39 is 5.91 Å². The number of benzene rings is 2. The van der Waals surface area contributed by atoms with Gasteiger partial charge in [-0.2, -0.15) is 5.10 Å². The Bertz CT molecular complexity index is 1050. The van der Waals surface area contributed by atoms with E-state index in [1.54, 1.807) is 18.5 Å². The van der Waals surface area contributed by atoms with E-state index in [1.165, 1.54) is 10.6 Å². The highest BCUT2D eigenvalue weighted by Gasteiger charge is 2.11. The summed E-state index contributed by atoms with van der Waals surface area (Å²) in [5, 5.41) is 3.97. The second kappa shape index (κ2) is 8.27. The minimum Gasteiger partial charge on any atom is -0.310 e. The zero-order chi connectivity index (χ0) is 19.2. The Morgan fingerprint density at radius 2 is 1.89 bits per heavy atom. The topological polar surface area (TPSA) is 63.5 Å². The van der Waals surface area contributed by atoms with Gasteiger partial charge in [0, 0.05) is 6.20 Å². The van der Waals surface area contributed by atoms with Gasteiger partial charge in [-0.05, 0) is 42.7 Å². The van der Waals surface area contributed by atoms with E-state index >= 15 is 0 Å². The Balaban J connectivity index is 1.76. The largest absolute Gasteiger partial charge is 0.310 e. The summed E-state index contributed by atoms with van der Waals surface area (Å²) in [5.74, 6) is -0.525. The third-order valence-electron chi connectivity index (χ3n) is 4.26. The zero-order valence-electron chi connectivity index (χ0n) is 15.3. The van der Waals surface area contributed by atoms with Crippen molar-refractivity contribution >= 4 is 12.1 Å². The predicted octanol–water partition coefficient (Wildman–Crippen LogP) is 3.28. The van der Waals surface area contributed by atoms with Crippen molar-refractivity contribution in [3.63, 3.8) is 0 Å². The van der Waals surface area contributed by atoms with Crippen LogP contribution in [0.1, 0.15) is 32.6 Å². The number of nitrogens with zero attached hydrogens (tertiary/aromatic N) is 2. The molecule has 0 fully saturated rings. The van der Waals surface area contributed by atoms with Crippen LogP contribution in [-0.4, -0.2) is 16.7 Å². The van der Waals surface area contributed by atoms with E-state index in [0.29, 0.717) is 6.54 Å². The summed E-state index contributed by atoms with van der Waals surface area (Å²) in [6.07, 6.45) is 3.25. The highest BCUT2D eigenvalue weighted by Crippen LogP contribution is 2.06. The zero-order valence-corrected chi connectivity index (χ0v) is 15.3. The van der Waals surface area contributed by atoms with Gasteiger partial charge < -0.3 is 4.57 Å². The second-order valence-corrected chi connectivity index (χ2v) is 6.40. The van der Waals surface area contributed by atoms with Crippen LogP contribution in [-0.2, 0) is 6.54 Å². The number of hydrogen-bond donors (Lipinski definition) is 1. The van der Waals surface area contributed by atoms with Gasteiger partial charge in [-0.25, -0.2) is 5.43 Å². The maximum Gasteiger partial charge on any atom is 0.276 e. The Morgan fingerprint density at radius 3 is 2.67 bits per heavy atom. The molecule has 0 saturated heterocycles. The fourth-order valence-electron chi connectivity index (χ4n) is 2.79. The van der Waals surface area contributed by atoms with Crippen LogP contribution in [0.2, 0.25) is 0 Å². The SMILES string of the molecule is Cc1cccc(Cn2cccc(C(=O)N/N=C\c3ccccc3C)c2=O)c1. The number of rotatable bonds is 5. The molecule has 0 unspecified atom stereocenters. The highest BCUT2D eigenvalue weighted by molar-refractivity contribution is 5.94. The van der Waals surface area contributed by atoms with Crippen molar-refractivity contribution in [2.45, 2.75) is 20.4 Å². The molecular weight excluding hydrogens is 338 g/mol. The molecule has 5 heteroatoms. The minimum absolute atomic E-state index is 0.0621. The van der Waals surface area contributed by atoms with Crippen molar-refractivity contribution in [2.24, 2.45) is 5.10 Å². The number of pyridine rings is 1. The number of carbonyl (C=O) groups is 1. The fourth-order valence-corrected chi connectivity index (χ4v) is 2.79. The first-order chi connectivity index (χ1) is 13.0. The second-order valence-electron chi connectivity index (χ2n) is 6.40. The molecule has 136 valence electrons. The number of nitrogens with one attached hydrogen (secondary N) is 1. The average molecular weight is 359 g/mol. The lowest BCUT2D eigenvalue weighted by Crippen LogP contribution is -2.30. The standard InChI is InChI=1S/C22H21N3O2/c1-16-7-5-9-18(13-16)15-25-12-6-11-20(22(25)27)21(26)24-23-14-19-10-4-3-8-17(19)2/h3-14H,15H2,1-2H3,(H,24,26)/b23-14-. The van der Waals surface area contributed by atoms with E-state index in [1.807, 2.05) is 62.4 Å². The van der Waals surface area contributed by atoms with Crippen LogP contribution in [0.3, 0.4) is 0 Å².